The van der Waals surface area contributed by atoms with E-state index in [9.17, 15) is 15.2 Å². The van der Waals surface area contributed by atoms with E-state index in [0.717, 1.165) is 50.3 Å². The van der Waals surface area contributed by atoms with Gasteiger partial charge in [-0.15, -0.1) is 0 Å². The van der Waals surface area contributed by atoms with Gasteiger partial charge >= 0.3 is 5.97 Å². The summed E-state index contributed by atoms with van der Waals surface area (Å²) in [7, 11) is 1.44. The zero-order chi connectivity index (χ0) is 23.6. The van der Waals surface area contributed by atoms with Crippen molar-refractivity contribution < 1.29 is 23.8 Å². The molecule has 0 radical (unpaired) electrons. The molecule has 7 nitrogen and oxygen atoms in total. The molecule has 2 atom stereocenters. The van der Waals surface area contributed by atoms with Crippen LogP contribution >= 0.6 is 0 Å². The first-order chi connectivity index (χ1) is 15.8. The van der Waals surface area contributed by atoms with Gasteiger partial charge < -0.3 is 19.5 Å². The Morgan fingerprint density at radius 3 is 2.73 bits per heavy atom. The number of methoxy groups -OCH3 is 1. The van der Waals surface area contributed by atoms with Crippen LogP contribution in [-0.4, -0.2) is 79.0 Å². The summed E-state index contributed by atoms with van der Waals surface area (Å²) >= 11 is 0. The number of aliphatic hydroxyl groups is 1. The van der Waals surface area contributed by atoms with Gasteiger partial charge in [0.1, 0.15) is 24.5 Å². The predicted molar refractivity (Wildman–Crippen MR) is 120 cm³/mol. The number of nitrogens with zero attached hydrogens (tertiary/aromatic N) is 3. The van der Waals surface area contributed by atoms with Crippen LogP contribution in [0.2, 0.25) is 0 Å². The van der Waals surface area contributed by atoms with Gasteiger partial charge in [0, 0.05) is 51.3 Å². The quantitative estimate of drug-likeness (QED) is 0.632. The second-order valence-corrected chi connectivity index (χ2v) is 8.93. The molecule has 2 heterocycles. The first-order valence-corrected chi connectivity index (χ1v) is 11.3. The largest absolute Gasteiger partial charge is 0.496 e. The molecule has 0 amide bonds. The van der Waals surface area contributed by atoms with Crippen molar-refractivity contribution >= 4 is 5.97 Å². The number of hydrogen-bond acceptors (Lipinski definition) is 7. The summed E-state index contributed by atoms with van der Waals surface area (Å²) < 4.78 is 25.6. The Morgan fingerprint density at radius 2 is 2.03 bits per heavy atom. The Balaban J connectivity index is 1.27. The number of alkyl halides is 1. The molecule has 176 valence electrons. The van der Waals surface area contributed by atoms with Crippen LogP contribution in [0.25, 0.3) is 0 Å². The molecule has 0 spiro atoms. The molecule has 0 bridgehead atoms. The first-order valence-electron chi connectivity index (χ1n) is 11.3. The maximum Gasteiger partial charge on any atom is 0.338 e. The Morgan fingerprint density at radius 1 is 1.30 bits per heavy atom. The summed E-state index contributed by atoms with van der Waals surface area (Å²) in [6, 6.07) is 5.83. The fraction of sp³-hybridized carbons (Fsp3) is 0.520. The number of β-amino-alcohol motifs (C(OH)–C–C–N with tert-alkyl or cyclic N) is 1. The Kier molecular flexibility index (Phi) is 6.84. The van der Waals surface area contributed by atoms with Gasteiger partial charge in [0.2, 0.25) is 0 Å². The molecule has 3 aliphatic rings. The second kappa shape index (κ2) is 9.64. The molecule has 2 unspecified atom stereocenters. The average Bonchev–Trinajstić information content (AvgIpc) is 3.21. The molecule has 33 heavy (non-hydrogen) atoms. The number of fused-ring (bicyclic) bond motifs is 1. The van der Waals surface area contributed by atoms with Gasteiger partial charge in [-0.3, -0.25) is 4.90 Å². The number of allylic oxidation sites excluding steroid dienone is 2. The number of cyclic esters (lactones) is 1. The molecule has 1 N–H and O–H groups in total. The minimum Gasteiger partial charge on any atom is -0.496 e. The van der Waals surface area contributed by atoms with Gasteiger partial charge in [0.15, 0.2) is 5.67 Å². The highest BCUT2D eigenvalue weighted by molar-refractivity contribution is 5.93. The Hall–Kier alpha value is -2.73. The highest BCUT2D eigenvalue weighted by Crippen LogP contribution is 2.33. The van der Waals surface area contributed by atoms with Crippen molar-refractivity contribution in [1.82, 2.24) is 9.80 Å². The molecule has 2 aliphatic heterocycles. The summed E-state index contributed by atoms with van der Waals surface area (Å²) in [5.74, 6) is 0.111. The monoisotopic (exact) mass is 455 g/mol. The number of halogens is 1. The topological polar surface area (TPSA) is 86.0 Å². The molecule has 1 saturated heterocycles. The third-order valence-electron chi connectivity index (χ3n) is 7.02. The SMILES string of the molecule is COC1=CCC(F)(C(O)CN2CCN(CCc3ccc4c(c3C)COC4=O)CC2)C=C1C#N. The molecule has 8 heteroatoms. The zero-order valence-electron chi connectivity index (χ0n) is 19.1. The summed E-state index contributed by atoms with van der Waals surface area (Å²) in [6.45, 7) is 6.68. The number of ether oxygens (including phenoxy) is 2. The smallest absolute Gasteiger partial charge is 0.338 e. The van der Waals surface area contributed by atoms with Crippen molar-refractivity contribution in [2.24, 2.45) is 0 Å². The molecule has 1 fully saturated rings. The van der Waals surface area contributed by atoms with E-state index < -0.39 is 11.8 Å². The number of nitriles is 1. The van der Waals surface area contributed by atoms with Crippen LogP contribution in [0.15, 0.2) is 35.6 Å². The minimum atomic E-state index is -1.97. The molecular weight excluding hydrogens is 425 g/mol. The van der Waals surface area contributed by atoms with E-state index in [1.807, 2.05) is 25.1 Å². The maximum absolute atomic E-state index is 15.4. The normalized spacial score (nSPS) is 24.4. The number of hydrogen-bond donors (Lipinski definition) is 1. The summed E-state index contributed by atoms with van der Waals surface area (Å²) in [4.78, 5) is 16.2. The van der Waals surface area contributed by atoms with Gasteiger partial charge in [0.05, 0.1) is 18.2 Å². The van der Waals surface area contributed by atoms with Crippen LogP contribution in [-0.2, 0) is 22.5 Å². The van der Waals surface area contributed by atoms with Gasteiger partial charge in [-0.25, -0.2) is 9.18 Å². The molecule has 4 rings (SSSR count). The number of piperazine rings is 1. The van der Waals surface area contributed by atoms with Crippen molar-refractivity contribution in [3.05, 3.63) is 57.9 Å². The first kappa shape index (κ1) is 23.4. The predicted octanol–water partition coefficient (Wildman–Crippen LogP) is 2.28. The third kappa shape index (κ3) is 4.81. The Labute approximate surface area is 193 Å². The highest BCUT2D eigenvalue weighted by atomic mass is 19.1. The van der Waals surface area contributed by atoms with Crippen molar-refractivity contribution in [3.8, 4) is 6.07 Å². The lowest BCUT2D eigenvalue weighted by molar-refractivity contribution is -0.00960. The van der Waals surface area contributed by atoms with Crippen LogP contribution in [0.5, 0.6) is 0 Å². The number of carbonyl (C=O) groups excluding carboxylic acids is 1. The fourth-order valence-electron chi connectivity index (χ4n) is 4.78. The van der Waals surface area contributed by atoms with E-state index in [4.69, 9.17) is 9.47 Å². The molecule has 1 aromatic rings. The standard InChI is InChI=1S/C25H30FN3O4/c1-17-18(3-4-20-21(17)16-33-24(20)31)6-8-28-9-11-29(12-10-28)15-23(30)25(26)7-5-22(32-2)19(13-25)14-27/h3-5,13,23,30H,6-12,15-16H2,1-2H3. The molecular formula is C25H30FN3O4. The van der Waals surface area contributed by atoms with Crippen molar-refractivity contribution in [3.63, 3.8) is 0 Å². The number of carbonyl (C=O) groups is 1. The Bertz CT molecular complexity index is 1020. The molecule has 0 saturated carbocycles. The van der Waals surface area contributed by atoms with Gasteiger partial charge in [-0.1, -0.05) is 6.07 Å². The number of aliphatic hydroxyl groups excluding tert-OH is 1. The van der Waals surface area contributed by atoms with Crippen LogP contribution in [0, 0.1) is 18.3 Å². The highest BCUT2D eigenvalue weighted by Gasteiger charge is 2.40. The van der Waals surface area contributed by atoms with Crippen LogP contribution in [0.1, 0.15) is 33.5 Å². The number of benzene rings is 1. The summed E-state index contributed by atoms with van der Waals surface area (Å²) in [5, 5.41) is 19.9. The maximum atomic E-state index is 15.4. The average molecular weight is 456 g/mol. The van der Waals surface area contributed by atoms with E-state index in [1.54, 1.807) is 0 Å². The van der Waals surface area contributed by atoms with Crippen molar-refractivity contribution in [1.29, 1.82) is 5.26 Å². The summed E-state index contributed by atoms with van der Waals surface area (Å²) in [6.07, 6.45) is 2.38. The summed E-state index contributed by atoms with van der Waals surface area (Å²) in [5.41, 5.74) is 2.19. The molecule has 1 aromatic carbocycles. The van der Waals surface area contributed by atoms with E-state index in [-0.39, 0.29) is 24.5 Å². The van der Waals surface area contributed by atoms with Crippen molar-refractivity contribution in [2.45, 2.75) is 38.1 Å². The van der Waals surface area contributed by atoms with Gasteiger partial charge in [0.25, 0.3) is 0 Å². The van der Waals surface area contributed by atoms with Crippen LogP contribution < -0.4 is 0 Å². The number of rotatable bonds is 7. The van der Waals surface area contributed by atoms with Crippen LogP contribution in [0.3, 0.4) is 0 Å². The van der Waals surface area contributed by atoms with E-state index in [2.05, 4.69) is 9.80 Å². The fourth-order valence-corrected chi connectivity index (χ4v) is 4.78. The van der Waals surface area contributed by atoms with E-state index in [0.29, 0.717) is 17.9 Å². The lowest BCUT2D eigenvalue weighted by atomic mass is 9.87. The van der Waals surface area contributed by atoms with Gasteiger partial charge in [-0.05, 0) is 42.7 Å². The van der Waals surface area contributed by atoms with E-state index >= 15 is 4.39 Å². The lowest BCUT2D eigenvalue weighted by Crippen LogP contribution is -2.52. The zero-order valence-corrected chi connectivity index (χ0v) is 19.1. The molecule has 0 aromatic heterocycles. The lowest BCUT2D eigenvalue weighted by Gasteiger charge is -2.38. The molecule has 1 aliphatic carbocycles. The van der Waals surface area contributed by atoms with E-state index in [1.165, 1.54) is 24.8 Å². The minimum absolute atomic E-state index is 0.0146. The third-order valence-corrected chi connectivity index (χ3v) is 7.02. The van der Waals surface area contributed by atoms with Gasteiger partial charge in [-0.2, -0.15) is 5.26 Å². The van der Waals surface area contributed by atoms with Crippen LogP contribution in [0.4, 0.5) is 4.39 Å². The van der Waals surface area contributed by atoms with Crippen molar-refractivity contribution in [2.75, 3.05) is 46.4 Å². The second-order valence-electron chi connectivity index (χ2n) is 8.93. The number of esters is 1.